The fourth-order valence-electron chi connectivity index (χ4n) is 3.15. The maximum atomic E-state index is 11.8. The Hall–Kier alpha value is -2.30. The minimum absolute atomic E-state index is 0.0385. The van der Waals surface area contributed by atoms with Gasteiger partial charge in [0.15, 0.2) is 0 Å². The standard InChI is InChI=1S/C21H19ClN2OS.C2H6/c1-12(25)11-18-21(26)19(13(2)23)16-5-3-4-6-17(16)20(24-18)14-7-9-15(22)10-8-14;1-2/h3-10,18H,11,23H2,1-2H3;1-2H3/b19-13-;/t18-;/m0./s1. The van der Waals surface area contributed by atoms with E-state index in [1.807, 2.05) is 69.3 Å². The van der Waals surface area contributed by atoms with Crippen molar-refractivity contribution in [3.8, 4) is 0 Å². The average molecular weight is 413 g/mol. The summed E-state index contributed by atoms with van der Waals surface area (Å²) < 4.78 is 0. The number of Topliss-reactive ketones (excluding diaryl/α,β-unsaturated/α-hetero) is 1. The molecule has 0 unspecified atom stereocenters. The van der Waals surface area contributed by atoms with Gasteiger partial charge in [-0.1, -0.05) is 74.1 Å². The third kappa shape index (κ3) is 4.75. The Morgan fingerprint density at radius 1 is 1.07 bits per heavy atom. The number of allylic oxidation sites excluding steroid dienone is 1. The smallest absolute Gasteiger partial charge is 0.132 e. The van der Waals surface area contributed by atoms with Gasteiger partial charge < -0.3 is 5.73 Å². The van der Waals surface area contributed by atoms with E-state index in [1.54, 1.807) is 6.92 Å². The maximum absolute atomic E-state index is 11.8. The highest BCUT2D eigenvalue weighted by molar-refractivity contribution is 7.81. The molecular formula is C23H25ClN2OS. The molecule has 0 bridgehead atoms. The Morgan fingerprint density at radius 2 is 1.64 bits per heavy atom. The van der Waals surface area contributed by atoms with Crippen LogP contribution in [0, 0.1) is 0 Å². The monoisotopic (exact) mass is 412 g/mol. The lowest BCUT2D eigenvalue weighted by molar-refractivity contribution is -0.117. The van der Waals surface area contributed by atoms with E-state index in [2.05, 4.69) is 0 Å². The molecule has 0 aliphatic carbocycles. The van der Waals surface area contributed by atoms with Crippen molar-refractivity contribution >= 4 is 45.8 Å². The first-order chi connectivity index (χ1) is 13.4. The molecular weight excluding hydrogens is 388 g/mol. The van der Waals surface area contributed by atoms with Gasteiger partial charge in [-0.3, -0.25) is 9.79 Å². The minimum atomic E-state index is -0.422. The number of halogens is 1. The van der Waals surface area contributed by atoms with Gasteiger partial charge in [0.05, 0.1) is 11.8 Å². The Balaban J connectivity index is 0.00000136. The van der Waals surface area contributed by atoms with Crippen LogP contribution in [-0.4, -0.2) is 22.4 Å². The van der Waals surface area contributed by atoms with Crippen molar-refractivity contribution in [3.63, 3.8) is 0 Å². The van der Waals surface area contributed by atoms with Gasteiger partial charge in [-0.25, -0.2) is 0 Å². The van der Waals surface area contributed by atoms with Gasteiger partial charge in [0.25, 0.3) is 0 Å². The second kappa shape index (κ2) is 9.76. The molecule has 146 valence electrons. The molecule has 0 aromatic heterocycles. The van der Waals surface area contributed by atoms with Crippen LogP contribution in [0.4, 0.5) is 0 Å². The fraction of sp³-hybridized carbons (Fsp3) is 0.261. The number of nitrogens with zero attached hydrogens (tertiary/aromatic N) is 1. The van der Waals surface area contributed by atoms with Gasteiger partial charge in [-0.15, -0.1) is 0 Å². The van der Waals surface area contributed by atoms with Crippen LogP contribution < -0.4 is 5.73 Å². The zero-order valence-electron chi connectivity index (χ0n) is 16.6. The average Bonchev–Trinajstić information content (AvgIpc) is 2.79. The largest absolute Gasteiger partial charge is 0.402 e. The van der Waals surface area contributed by atoms with Gasteiger partial charge in [0.2, 0.25) is 0 Å². The lowest BCUT2D eigenvalue weighted by Gasteiger charge is -2.15. The van der Waals surface area contributed by atoms with E-state index in [0.29, 0.717) is 15.6 Å². The number of fused-ring (bicyclic) bond motifs is 1. The lowest BCUT2D eigenvalue weighted by atomic mass is 9.91. The van der Waals surface area contributed by atoms with Crippen LogP contribution in [0.2, 0.25) is 5.02 Å². The molecule has 1 aliphatic rings. The maximum Gasteiger partial charge on any atom is 0.132 e. The van der Waals surface area contributed by atoms with Gasteiger partial charge in [0.1, 0.15) is 5.78 Å². The molecule has 5 heteroatoms. The number of thiocarbonyl (C=S) groups is 1. The highest BCUT2D eigenvalue weighted by Gasteiger charge is 2.28. The molecule has 0 amide bonds. The second-order valence-electron chi connectivity index (χ2n) is 6.37. The summed E-state index contributed by atoms with van der Waals surface area (Å²) in [6.45, 7) is 7.38. The molecule has 0 spiro atoms. The number of rotatable bonds is 3. The van der Waals surface area contributed by atoms with E-state index in [-0.39, 0.29) is 12.2 Å². The first-order valence-electron chi connectivity index (χ1n) is 9.32. The third-order valence-corrected chi connectivity index (χ3v) is 5.01. The van der Waals surface area contributed by atoms with E-state index < -0.39 is 6.04 Å². The van der Waals surface area contributed by atoms with Crippen molar-refractivity contribution in [2.24, 2.45) is 10.7 Å². The molecule has 1 atom stereocenters. The van der Waals surface area contributed by atoms with Crippen molar-refractivity contribution in [3.05, 3.63) is 75.9 Å². The number of nitrogens with two attached hydrogens (primary N) is 1. The summed E-state index contributed by atoms with van der Waals surface area (Å²) in [4.78, 5) is 17.3. The third-order valence-electron chi connectivity index (χ3n) is 4.28. The summed E-state index contributed by atoms with van der Waals surface area (Å²) in [5.41, 5.74) is 11.2. The van der Waals surface area contributed by atoms with Crippen molar-refractivity contribution in [2.75, 3.05) is 0 Å². The summed E-state index contributed by atoms with van der Waals surface area (Å²) in [5, 5.41) is 0.658. The first kappa shape index (κ1) is 22.0. The quantitative estimate of drug-likeness (QED) is 0.525. The molecule has 1 aliphatic heterocycles. The number of benzene rings is 2. The van der Waals surface area contributed by atoms with Crippen molar-refractivity contribution in [1.82, 2.24) is 0 Å². The summed E-state index contributed by atoms with van der Waals surface area (Å²) in [6.07, 6.45) is 0.251. The summed E-state index contributed by atoms with van der Waals surface area (Å²) >= 11 is 11.8. The van der Waals surface area contributed by atoms with Gasteiger partial charge in [-0.05, 0) is 31.5 Å². The first-order valence-corrected chi connectivity index (χ1v) is 10.1. The molecule has 1 heterocycles. The van der Waals surface area contributed by atoms with Crippen molar-refractivity contribution in [2.45, 2.75) is 40.2 Å². The predicted octanol–water partition coefficient (Wildman–Crippen LogP) is 5.62. The Bertz CT molecular complexity index is 941. The van der Waals surface area contributed by atoms with Gasteiger partial charge >= 0.3 is 0 Å². The fourth-order valence-corrected chi connectivity index (χ4v) is 3.68. The molecule has 0 fully saturated rings. The molecule has 28 heavy (non-hydrogen) atoms. The zero-order valence-corrected chi connectivity index (χ0v) is 18.2. The molecule has 2 aromatic rings. The van der Waals surface area contributed by atoms with Crippen LogP contribution in [0.15, 0.2) is 59.2 Å². The minimum Gasteiger partial charge on any atom is -0.402 e. The second-order valence-corrected chi connectivity index (χ2v) is 7.25. The molecule has 3 nitrogen and oxygen atoms in total. The van der Waals surface area contributed by atoms with E-state index >= 15 is 0 Å². The Labute approximate surface area is 177 Å². The number of ketones is 1. The van der Waals surface area contributed by atoms with Crippen molar-refractivity contribution in [1.29, 1.82) is 0 Å². The van der Waals surface area contributed by atoms with E-state index in [1.165, 1.54) is 0 Å². The molecule has 0 saturated heterocycles. The van der Waals surface area contributed by atoms with Crippen LogP contribution in [0.1, 0.15) is 50.8 Å². The number of hydrogen-bond donors (Lipinski definition) is 1. The molecule has 0 saturated carbocycles. The number of carbonyl (C=O) groups is 1. The normalized spacial score (nSPS) is 17.5. The lowest BCUT2D eigenvalue weighted by Crippen LogP contribution is -2.22. The molecule has 2 aromatic carbocycles. The van der Waals surface area contributed by atoms with Crippen LogP contribution in [-0.2, 0) is 4.79 Å². The predicted molar refractivity (Wildman–Crippen MR) is 123 cm³/mol. The van der Waals surface area contributed by atoms with Crippen LogP contribution in [0.5, 0.6) is 0 Å². The Morgan fingerprint density at radius 3 is 2.18 bits per heavy atom. The van der Waals surface area contributed by atoms with Gasteiger partial charge in [0, 0.05) is 38.7 Å². The SMILES string of the molecule is CC.CC(=O)C[C@@H]1N=C(c2ccc(Cl)cc2)c2ccccc2/C(=C(\C)N)C1=S. The Kier molecular flexibility index (Phi) is 7.67. The molecule has 3 rings (SSSR count). The summed E-state index contributed by atoms with van der Waals surface area (Å²) in [6, 6.07) is 15.0. The van der Waals surface area contributed by atoms with E-state index in [9.17, 15) is 4.79 Å². The van der Waals surface area contributed by atoms with Crippen LogP contribution in [0.3, 0.4) is 0 Å². The highest BCUT2D eigenvalue weighted by Crippen LogP contribution is 2.32. The molecule has 0 radical (unpaired) electrons. The van der Waals surface area contributed by atoms with Crippen LogP contribution in [0.25, 0.3) is 5.57 Å². The van der Waals surface area contributed by atoms with Crippen molar-refractivity contribution < 1.29 is 4.79 Å². The van der Waals surface area contributed by atoms with Crippen LogP contribution >= 0.6 is 23.8 Å². The summed E-state index contributed by atoms with van der Waals surface area (Å²) in [7, 11) is 0. The molecule has 2 N–H and O–H groups in total. The summed E-state index contributed by atoms with van der Waals surface area (Å²) in [5.74, 6) is 0.0385. The number of aliphatic imine (C=N–C) groups is 1. The number of carbonyl (C=O) groups excluding carboxylic acids is 1. The highest BCUT2D eigenvalue weighted by atomic mass is 35.5. The van der Waals surface area contributed by atoms with Gasteiger partial charge in [-0.2, -0.15) is 0 Å². The van der Waals surface area contributed by atoms with E-state index in [4.69, 9.17) is 34.5 Å². The topological polar surface area (TPSA) is 55.5 Å². The zero-order chi connectivity index (χ0) is 20.8. The number of hydrogen-bond acceptors (Lipinski definition) is 4. The van der Waals surface area contributed by atoms with E-state index in [0.717, 1.165) is 28.0 Å².